The molecule has 1 rings (SSSR count). The van der Waals surface area contributed by atoms with E-state index in [2.05, 4.69) is 15.9 Å². The van der Waals surface area contributed by atoms with Crippen molar-refractivity contribution in [2.24, 2.45) is 0 Å². The molecule has 1 N–H and O–H groups in total. The molecule has 5 nitrogen and oxygen atoms in total. The van der Waals surface area contributed by atoms with Crippen molar-refractivity contribution in [2.45, 2.75) is 6.92 Å². The van der Waals surface area contributed by atoms with Gasteiger partial charge in [-0.3, -0.25) is 4.79 Å². The lowest BCUT2D eigenvalue weighted by atomic mass is 10.2. The largest absolute Gasteiger partial charge is 0.463 e. The second-order valence-electron chi connectivity index (χ2n) is 2.87. The fourth-order valence-electron chi connectivity index (χ4n) is 1.04. The molecule has 86 valence electrons. The Balaban J connectivity index is 2.89. The first-order valence-corrected chi connectivity index (χ1v) is 5.31. The molecule has 0 unspecified atom stereocenters. The van der Waals surface area contributed by atoms with Crippen molar-refractivity contribution in [2.75, 3.05) is 6.54 Å². The highest BCUT2D eigenvalue weighted by molar-refractivity contribution is 9.10. The predicted octanol–water partition coefficient (Wildman–Crippen LogP) is 2.56. The van der Waals surface area contributed by atoms with E-state index < -0.39 is 6.09 Å². The molecule has 6 heteroatoms. The maximum atomic E-state index is 10.7. The van der Waals surface area contributed by atoms with E-state index in [1.165, 1.54) is 6.07 Å². The summed E-state index contributed by atoms with van der Waals surface area (Å²) in [4.78, 5) is 26.4. The highest BCUT2D eigenvalue weighted by atomic mass is 79.9. The Kier molecular flexibility index (Phi) is 4.30. The molecule has 0 saturated heterocycles. The summed E-state index contributed by atoms with van der Waals surface area (Å²) in [6.45, 7) is 1.84. The number of hydrogen-bond donors (Lipinski definition) is 1. The number of hydrogen-bond acceptors (Lipinski definition) is 3. The van der Waals surface area contributed by atoms with Crippen molar-refractivity contribution < 1.29 is 19.5 Å². The number of rotatable bonds is 4. The lowest BCUT2D eigenvalue weighted by Gasteiger charge is -2.17. The Morgan fingerprint density at radius 2 is 2.31 bits per heavy atom. The van der Waals surface area contributed by atoms with Gasteiger partial charge in [0, 0.05) is 10.0 Å². The van der Waals surface area contributed by atoms with Crippen LogP contribution in [0.4, 0.5) is 4.79 Å². The standard InChI is InChI=1S/C10H10BrNO4/c1-2-12(10(14)15)16-8-3-4-9(11)7(5-8)6-13/h3-6H,2H2,1H3,(H,14,15). The third kappa shape index (κ3) is 2.96. The van der Waals surface area contributed by atoms with Gasteiger partial charge >= 0.3 is 6.09 Å². The SMILES string of the molecule is CCN(Oc1ccc(Br)c(C=O)c1)C(=O)O. The summed E-state index contributed by atoms with van der Waals surface area (Å²) < 4.78 is 0.633. The summed E-state index contributed by atoms with van der Waals surface area (Å²) in [6, 6.07) is 4.65. The van der Waals surface area contributed by atoms with Crippen molar-refractivity contribution in [3.8, 4) is 5.75 Å². The first kappa shape index (κ1) is 12.5. The molecule has 0 bridgehead atoms. The highest BCUT2D eigenvalue weighted by Crippen LogP contribution is 2.21. The van der Waals surface area contributed by atoms with Crippen LogP contribution in [-0.2, 0) is 0 Å². The molecular formula is C10H10BrNO4. The van der Waals surface area contributed by atoms with Crippen LogP contribution in [0.25, 0.3) is 0 Å². The van der Waals surface area contributed by atoms with Crippen LogP contribution in [0.5, 0.6) is 5.75 Å². The van der Waals surface area contributed by atoms with Crippen LogP contribution in [0.3, 0.4) is 0 Å². The summed E-state index contributed by atoms with van der Waals surface area (Å²) in [5.74, 6) is 0.301. The van der Waals surface area contributed by atoms with Gasteiger partial charge in [-0.15, -0.1) is 5.06 Å². The molecule has 16 heavy (non-hydrogen) atoms. The van der Waals surface area contributed by atoms with Gasteiger partial charge in [0.2, 0.25) is 0 Å². The highest BCUT2D eigenvalue weighted by Gasteiger charge is 2.12. The Morgan fingerprint density at radius 3 is 2.81 bits per heavy atom. The van der Waals surface area contributed by atoms with Crippen LogP contribution >= 0.6 is 15.9 Å². The number of carbonyl (C=O) groups excluding carboxylic acids is 1. The Bertz CT molecular complexity index is 408. The van der Waals surface area contributed by atoms with Gasteiger partial charge in [-0.25, -0.2) is 4.79 Å². The molecule has 0 aliphatic carbocycles. The zero-order chi connectivity index (χ0) is 12.1. The average molecular weight is 288 g/mol. The fraction of sp³-hybridized carbons (Fsp3) is 0.200. The van der Waals surface area contributed by atoms with Crippen molar-refractivity contribution in [3.05, 3.63) is 28.2 Å². The molecule has 0 spiro atoms. The van der Waals surface area contributed by atoms with Crippen molar-refractivity contribution in [1.82, 2.24) is 5.06 Å². The first-order valence-electron chi connectivity index (χ1n) is 4.51. The molecule has 1 amide bonds. The maximum Gasteiger partial charge on any atom is 0.440 e. The van der Waals surface area contributed by atoms with E-state index >= 15 is 0 Å². The number of halogens is 1. The summed E-state index contributed by atoms with van der Waals surface area (Å²) >= 11 is 3.19. The molecule has 0 fully saturated rings. The Labute approximate surface area is 101 Å². The normalized spacial score (nSPS) is 9.62. The molecule has 0 aromatic heterocycles. The van der Waals surface area contributed by atoms with Crippen LogP contribution < -0.4 is 4.84 Å². The number of hydroxylamine groups is 2. The molecule has 0 atom stereocenters. The van der Waals surface area contributed by atoms with Crippen LogP contribution in [0.1, 0.15) is 17.3 Å². The van der Waals surface area contributed by atoms with Gasteiger partial charge in [0.15, 0.2) is 12.0 Å². The lowest BCUT2D eigenvalue weighted by molar-refractivity contribution is -0.0315. The van der Waals surface area contributed by atoms with Gasteiger partial charge < -0.3 is 9.94 Å². The van der Waals surface area contributed by atoms with Crippen LogP contribution in [-0.4, -0.2) is 29.1 Å². The monoisotopic (exact) mass is 287 g/mol. The minimum Gasteiger partial charge on any atom is -0.463 e. The van der Waals surface area contributed by atoms with E-state index in [1.54, 1.807) is 19.1 Å². The summed E-state index contributed by atoms with van der Waals surface area (Å²) in [5.41, 5.74) is 0.402. The second kappa shape index (κ2) is 5.50. The van der Waals surface area contributed by atoms with Crippen LogP contribution in [0, 0.1) is 0 Å². The van der Waals surface area contributed by atoms with E-state index in [0.29, 0.717) is 22.1 Å². The summed E-state index contributed by atoms with van der Waals surface area (Å²) in [6.07, 6.45) is -0.522. The average Bonchev–Trinajstić information content (AvgIpc) is 2.27. The Hall–Kier alpha value is -1.56. The molecule has 0 saturated carbocycles. The second-order valence-corrected chi connectivity index (χ2v) is 3.72. The first-order chi connectivity index (χ1) is 7.58. The van der Waals surface area contributed by atoms with Crippen molar-refractivity contribution in [1.29, 1.82) is 0 Å². The van der Waals surface area contributed by atoms with E-state index in [4.69, 9.17) is 9.94 Å². The molecule has 0 radical (unpaired) electrons. The minimum atomic E-state index is -1.18. The van der Waals surface area contributed by atoms with E-state index in [9.17, 15) is 9.59 Å². The lowest BCUT2D eigenvalue weighted by Crippen LogP contribution is -2.32. The fourth-order valence-corrected chi connectivity index (χ4v) is 1.38. The topological polar surface area (TPSA) is 66.8 Å². The third-order valence-corrected chi connectivity index (χ3v) is 2.53. The van der Waals surface area contributed by atoms with Gasteiger partial charge in [-0.05, 0) is 25.1 Å². The molecule has 1 aromatic carbocycles. The van der Waals surface area contributed by atoms with Gasteiger partial charge in [0.1, 0.15) is 0 Å². The Morgan fingerprint density at radius 1 is 1.62 bits per heavy atom. The van der Waals surface area contributed by atoms with Crippen LogP contribution in [0.2, 0.25) is 0 Å². The number of carboxylic acid groups (broad SMARTS) is 1. The molecule has 1 aromatic rings. The van der Waals surface area contributed by atoms with E-state index in [-0.39, 0.29) is 6.54 Å². The van der Waals surface area contributed by atoms with Gasteiger partial charge in [0.25, 0.3) is 0 Å². The number of carbonyl (C=O) groups is 2. The number of benzene rings is 1. The minimum absolute atomic E-state index is 0.196. The quantitative estimate of drug-likeness (QED) is 0.683. The molecule has 0 aliphatic rings. The van der Waals surface area contributed by atoms with Gasteiger partial charge in [0.05, 0.1) is 6.54 Å². The van der Waals surface area contributed by atoms with Gasteiger partial charge in [-0.2, -0.15) is 0 Å². The van der Waals surface area contributed by atoms with Crippen LogP contribution in [0.15, 0.2) is 22.7 Å². The van der Waals surface area contributed by atoms with Crippen molar-refractivity contribution in [3.63, 3.8) is 0 Å². The predicted molar refractivity (Wildman–Crippen MR) is 60.6 cm³/mol. The molecule has 0 aliphatic heterocycles. The summed E-state index contributed by atoms with van der Waals surface area (Å²) in [7, 11) is 0. The number of aldehydes is 1. The molecule has 0 heterocycles. The van der Waals surface area contributed by atoms with Gasteiger partial charge in [-0.1, -0.05) is 15.9 Å². The third-order valence-electron chi connectivity index (χ3n) is 1.81. The zero-order valence-corrected chi connectivity index (χ0v) is 10.1. The number of nitrogens with zero attached hydrogens (tertiary/aromatic N) is 1. The van der Waals surface area contributed by atoms with E-state index in [1.807, 2.05) is 0 Å². The summed E-state index contributed by atoms with van der Waals surface area (Å²) in [5, 5.41) is 9.51. The molecular weight excluding hydrogens is 278 g/mol. The smallest absolute Gasteiger partial charge is 0.440 e. The van der Waals surface area contributed by atoms with E-state index in [0.717, 1.165) is 5.06 Å². The maximum absolute atomic E-state index is 10.7. The number of amides is 1. The zero-order valence-electron chi connectivity index (χ0n) is 8.51. The van der Waals surface area contributed by atoms with Crippen molar-refractivity contribution >= 4 is 28.3 Å².